The summed E-state index contributed by atoms with van der Waals surface area (Å²) >= 11 is 8.47. The lowest BCUT2D eigenvalue weighted by Crippen LogP contribution is -2.43. The van der Waals surface area contributed by atoms with E-state index in [1.54, 1.807) is 0 Å². The third kappa shape index (κ3) is 10.6. The molecule has 0 aliphatic rings. The van der Waals surface area contributed by atoms with E-state index in [0.717, 1.165) is 57.1 Å². The summed E-state index contributed by atoms with van der Waals surface area (Å²) in [5.41, 5.74) is 1.39. The van der Waals surface area contributed by atoms with Crippen molar-refractivity contribution in [3.63, 3.8) is 0 Å². The number of nitrogens with zero attached hydrogens (tertiary/aromatic N) is 2. The van der Waals surface area contributed by atoms with Crippen LogP contribution in [0.5, 0.6) is 0 Å². The monoisotopic (exact) mass is 371 g/mol. The smallest absolute Gasteiger partial charge is 0.117 e. The Bertz CT molecular complexity index is 409. The third-order valence-electron chi connectivity index (χ3n) is 3.98. The van der Waals surface area contributed by atoms with Crippen LogP contribution in [0.1, 0.15) is 12.0 Å². The molecule has 0 radical (unpaired) electrons. The number of hydrogen-bond donors (Lipinski definition) is 4. The Balaban J connectivity index is 2.20. The first-order chi connectivity index (χ1) is 11.7. The van der Waals surface area contributed by atoms with Gasteiger partial charge >= 0.3 is 0 Å². The fourth-order valence-corrected chi connectivity index (χ4v) is 3.03. The zero-order valence-electron chi connectivity index (χ0n) is 14.8. The molecule has 1 unspecified atom stereocenters. The number of hydrogen-bond acceptors (Lipinski definition) is 6. The standard InChI is InChI=1S/C18H33N3OS2/c1-20(12-8-17-6-3-2-4-7-17)10-5-11-21(13-15-24)16-18(22)19-9-14-23/h2-4,6-7,18-19,22-24H,5,8-16H2,1H3. The molecule has 0 spiro atoms. The summed E-state index contributed by atoms with van der Waals surface area (Å²) in [4.78, 5) is 4.65. The number of aliphatic hydroxyl groups excluding tert-OH is 1. The lowest BCUT2D eigenvalue weighted by molar-refractivity contribution is 0.0878. The van der Waals surface area contributed by atoms with Crippen LogP contribution >= 0.6 is 25.3 Å². The summed E-state index contributed by atoms with van der Waals surface area (Å²) in [6, 6.07) is 10.6. The summed E-state index contributed by atoms with van der Waals surface area (Å²) in [5.74, 6) is 1.54. The minimum absolute atomic E-state index is 0.493. The van der Waals surface area contributed by atoms with Gasteiger partial charge in [-0.05, 0) is 38.5 Å². The van der Waals surface area contributed by atoms with E-state index in [-0.39, 0.29) is 0 Å². The van der Waals surface area contributed by atoms with Crippen LogP contribution in [0.4, 0.5) is 0 Å². The summed E-state index contributed by atoms with van der Waals surface area (Å²) in [7, 11) is 2.18. The van der Waals surface area contributed by atoms with Crippen LogP contribution in [0, 0.1) is 0 Å². The zero-order chi connectivity index (χ0) is 17.6. The van der Waals surface area contributed by atoms with Gasteiger partial charge in [0.15, 0.2) is 0 Å². The van der Waals surface area contributed by atoms with E-state index in [0.29, 0.717) is 6.54 Å². The molecule has 138 valence electrons. The second-order valence-corrected chi connectivity index (χ2v) is 7.00. The first-order valence-corrected chi connectivity index (χ1v) is 10.00. The van der Waals surface area contributed by atoms with Crippen molar-refractivity contribution in [3.05, 3.63) is 35.9 Å². The Kier molecular flexibility index (Phi) is 12.7. The van der Waals surface area contributed by atoms with Crippen LogP contribution in [-0.4, -0.2) is 79.0 Å². The van der Waals surface area contributed by atoms with Gasteiger partial charge < -0.3 is 10.0 Å². The molecule has 0 aromatic heterocycles. The van der Waals surface area contributed by atoms with Gasteiger partial charge in [0.2, 0.25) is 0 Å². The van der Waals surface area contributed by atoms with Crippen LogP contribution in [-0.2, 0) is 6.42 Å². The van der Waals surface area contributed by atoms with E-state index in [9.17, 15) is 5.11 Å². The predicted molar refractivity (Wildman–Crippen MR) is 110 cm³/mol. The molecule has 2 N–H and O–H groups in total. The fraction of sp³-hybridized carbons (Fsp3) is 0.667. The molecule has 1 aromatic carbocycles. The van der Waals surface area contributed by atoms with Gasteiger partial charge in [0.25, 0.3) is 0 Å². The van der Waals surface area contributed by atoms with Crippen molar-refractivity contribution in [2.75, 3.05) is 57.8 Å². The summed E-state index contributed by atoms with van der Waals surface area (Å²) in [6.45, 7) is 5.38. The highest BCUT2D eigenvalue weighted by Gasteiger charge is 2.10. The number of rotatable bonds is 14. The molecular formula is C18H33N3OS2. The number of nitrogens with one attached hydrogen (secondary N) is 1. The molecule has 1 atom stereocenters. The fourth-order valence-electron chi connectivity index (χ4n) is 2.62. The van der Waals surface area contributed by atoms with Crippen LogP contribution < -0.4 is 5.32 Å². The third-order valence-corrected chi connectivity index (χ3v) is 4.40. The predicted octanol–water partition coefficient (Wildman–Crippen LogP) is 1.62. The number of thiol groups is 2. The lowest BCUT2D eigenvalue weighted by Gasteiger charge is -2.26. The maximum atomic E-state index is 9.97. The van der Waals surface area contributed by atoms with E-state index in [1.165, 1.54) is 5.56 Å². The average molecular weight is 372 g/mol. The minimum atomic E-state index is -0.493. The number of aliphatic hydroxyl groups is 1. The summed E-state index contributed by atoms with van der Waals surface area (Å²) in [6.07, 6.45) is 1.69. The van der Waals surface area contributed by atoms with Crippen molar-refractivity contribution in [2.24, 2.45) is 0 Å². The van der Waals surface area contributed by atoms with E-state index in [1.807, 2.05) is 0 Å². The van der Waals surface area contributed by atoms with Gasteiger partial charge in [0.1, 0.15) is 6.23 Å². The summed E-state index contributed by atoms with van der Waals surface area (Å²) in [5, 5.41) is 13.0. The first kappa shape index (κ1) is 21.8. The minimum Gasteiger partial charge on any atom is -0.377 e. The number of likely N-dealkylation sites (N-methyl/N-ethyl adjacent to an activating group) is 1. The Morgan fingerprint density at radius 1 is 1.04 bits per heavy atom. The molecule has 0 aliphatic carbocycles. The molecule has 0 heterocycles. The molecular weight excluding hydrogens is 338 g/mol. The van der Waals surface area contributed by atoms with Crippen molar-refractivity contribution < 1.29 is 5.11 Å². The van der Waals surface area contributed by atoms with Crippen molar-refractivity contribution in [1.29, 1.82) is 0 Å². The van der Waals surface area contributed by atoms with Gasteiger partial charge in [-0.3, -0.25) is 10.2 Å². The van der Waals surface area contributed by atoms with Crippen molar-refractivity contribution in [3.8, 4) is 0 Å². The van der Waals surface area contributed by atoms with Gasteiger partial charge in [0, 0.05) is 37.7 Å². The van der Waals surface area contributed by atoms with Gasteiger partial charge in [-0.25, -0.2) is 0 Å². The Hall–Kier alpha value is -0.240. The van der Waals surface area contributed by atoms with Crippen LogP contribution in [0.25, 0.3) is 0 Å². The van der Waals surface area contributed by atoms with E-state index in [4.69, 9.17) is 0 Å². The Morgan fingerprint density at radius 2 is 1.79 bits per heavy atom. The quantitative estimate of drug-likeness (QED) is 0.296. The highest BCUT2D eigenvalue weighted by molar-refractivity contribution is 7.80. The van der Waals surface area contributed by atoms with Crippen LogP contribution in [0.3, 0.4) is 0 Å². The first-order valence-electron chi connectivity index (χ1n) is 8.73. The normalized spacial score (nSPS) is 12.9. The molecule has 0 saturated heterocycles. The Morgan fingerprint density at radius 3 is 2.46 bits per heavy atom. The Labute approximate surface area is 158 Å². The molecule has 0 fully saturated rings. The lowest BCUT2D eigenvalue weighted by atomic mass is 10.1. The molecule has 0 amide bonds. The van der Waals surface area contributed by atoms with Gasteiger partial charge in [-0.1, -0.05) is 30.3 Å². The molecule has 0 bridgehead atoms. The molecule has 4 nitrogen and oxygen atoms in total. The molecule has 1 rings (SSSR count). The van der Waals surface area contributed by atoms with Crippen molar-refractivity contribution >= 4 is 25.3 Å². The molecule has 0 saturated carbocycles. The second kappa shape index (κ2) is 14.0. The maximum absolute atomic E-state index is 9.97. The molecule has 1 aromatic rings. The van der Waals surface area contributed by atoms with E-state index >= 15 is 0 Å². The summed E-state index contributed by atoms with van der Waals surface area (Å²) < 4.78 is 0. The SMILES string of the molecule is CN(CCCN(CCS)CC(O)NCCS)CCc1ccccc1. The van der Waals surface area contributed by atoms with E-state index < -0.39 is 6.23 Å². The van der Waals surface area contributed by atoms with Gasteiger partial charge in [0.05, 0.1) is 0 Å². The van der Waals surface area contributed by atoms with E-state index in [2.05, 4.69) is 77.8 Å². The largest absolute Gasteiger partial charge is 0.377 e. The molecule has 24 heavy (non-hydrogen) atoms. The second-order valence-electron chi connectivity index (χ2n) is 6.11. The maximum Gasteiger partial charge on any atom is 0.117 e. The zero-order valence-corrected chi connectivity index (χ0v) is 16.6. The van der Waals surface area contributed by atoms with Crippen molar-refractivity contribution in [1.82, 2.24) is 15.1 Å². The highest BCUT2D eigenvalue weighted by Crippen LogP contribution is 2.02. The molecule has 6 heteroatoms. The molecule has 0 aliphatic heterocycles. The van der Waals surface area contributed by atoms with Crippen LogP contribution in [0.15, 0.2) is 30.3 Å². The highest BCUT2D eigenvalue weighted by atomic mass is 32.1. The number of benzene rings is 1. The van der Waals surface area contributed by atoms with Crippen LogP contribution in [0.2, 0.25) is 0 Å². The van der Waals surface area contributed by atoms with Crippen molar-refractivity contribution in [2.45, 2.75) is 19.1 Å². The topological polar surface area (TPSA) is 38.7 Å². The van der Waals surface area contributed by atoms with Gasteiger partial charge in [-0.2, -0.15) is 25.3 Å². The van der Waals surface area contributed by atoms with Gasteiger partial charge in [-0.15, -0.1) is 0 Å². The average Bonchev–Trinajstić information content (AvgIpc) is 2.59.